The summed E-state index contributed by atoms with van der Waals surface area (Å²) in [5.41, 5.74) is 0. The fourth-order valence-corrected chi connectivity index (χ4v) is 4.62. The number of aliphatic carboxylic acids is 1. The summed E-state index contributed by atoms with van der Waals surface area (Å²) in [6.07, 6.45) is 4.52. The molecular formula is C14H19N3O4S. The van der Waals surface area contributed by atoms with Gasteiger partial charge in [0, 0.05) is 31.9 Å². The maximum atomic E-state index is 12.6. The second kappa shape index (κ2) is 5.85. The third-order valence-electron chi connectivity index (χ3n) is 4.25. The lowest BCUT2D eigenvalue weighted by atomic mass is 10.2. The number of rotatable bonds is 4. The second-order valence-corrected chi connectivity index (χ2v) is 7.59. The zero-order valence-electron chi connectivity index (χ0n) is 12.2. The fourth-order valence-electron chi connectivity index (χ4n) is 3.09. The first kappa shape index (κ1) is 15.2. The van der Waals surface area contributed by atoms with E-state index in [1.54, 1.807) is 4.90 Å². The molecule has 0 radical (unpaired) electrons. The van der Waals surface area contributed by atoms with E-state index in [4.69, 9.17) is 0 Å². The summed E-state index contributed by atoms with van der Waals surface area (Å²) < 4.78 is 26.6. The second-order valence-electron chi connectivity index (χ2n) is 5.65. The average molecular weight is 325 g/mol. The normalized spacial score (nSPS) is 23.1. The van der Waals surface area contributed by atoms with Gasteiger partial charge in [-0.2, -0.15) is 4.31 Å². The maximum absolute atomic E-state index is 12.6. The van der Waals surface area contributed by atoms with Gasteiger partial charge in [-0.25, -0.2) is 18.2 Å². The van der Waals surface area contributed by atoms with E-state index in [1.807, 2.05) is 0 Å². The molecule has 0 amide bonds. The standard InChI is InChI=1S/C14H19N3O4S/c18-14(19)12-4-3-9-17(12)13-10-11(5-6-15-13)22(20,21)16-7-1-2-8-16/h5-6,10,12H,1-4,7-9H2,(H,18,19)/t12-/m1/s1. The van der Waals surface area contributed by atoms with Gasteiger partial charge in [0.05, 0.1) is 4.90 Å². The Balaban J connectivity index is 1.91. The number of carboxylic acids is 1. The number of anilines is 1. The molecule has 2 aliphatic heterocycles. The Bertz CT molecular complexity index is 670. The minimum atomic E-state index is -3.51. The number of aromatic nitrogens is 1. The van der Waals surface area contributed by atoms with Crippen LogP contribution in [0.4, 0.5) is 5.82 Å². The third-order valence-corrected chi connectivity index (χ3v) is 6.15. The maximum Gasteiger partial charge on any atom is 0.326 e. The lowest BCUT2D eigenvalue weighted by Crippen LogP contribution is -2.36. The van der Waals surface area contributed by atoms with Crippen molar-refractivity contribution in [3.63, 3.8) is 0 Å². The zero-order chi connectivity index (χ0) is 15.7. The lowest BCUT2D eigenvalue weighted by molar-refractivity contribution is -0.138. The van der Waals surface area contributed by atoms with E-state index in [0.29, 0.717) is 31.9 Å². The molecule has 0 spiro atoms. The number of sulfonamides is 1. The number of hydrogen-bond acceptors (Lipinski definition) is 5. The van der Waals surface area contributed by atoms with Crippen LogP contribution < -0.4 is 4.90 Å². The first-order valence-corrected chi connectivity index (χ1v) is 8.90. The van der Waals surface area contributed by atoms with Crippen LogP contribution in [0.1, 0.15) is 25.7 Å². The average Bonchev–Trinajstić information content (AvgIpc) is 3.19. The summed E-state index contributed by atoms with van der Waals surface area (Å²) in [5.74, 6) is -0.475. The molecule has 1 aromatic rings. The van der Waals surface area contributed by atoms with Crippen LogP contribution in [0.3, 0.4) is 0 Å². The summed E-state index contributed by atoms with van der Waals surface area (Å²) in [7, 11) is -3.51. The van der Waals surface area contributed by atoms with Gasteiger partial charge >= 0.3 is 5.97 Å². The van der Waals surface area contributed by atoms with Crippen LogP contribution >= 0.6 is 0 Å². The molecule has 8 heteroatoms. The Hall–Kier alpha value is -1.67. The Morgan fingerprint density at radius 1 is 1.23 bits per heavy atom. The van der Waals surface area contributed by atoms with Gasteiger partial charge in [0.1, 0.15) is 11.9 Å². The summed E-state index contributed by atoms with van der Waals surface area (Å²) in [4.78, 5) is 17.3. The molecule has 120 valence electrons. The van der Waals surface area contributed by atoms with Crippen LogP contribution in [0.15, 0.2) is 23.2 Å². The van der Waals surface area contributed by atoms with Gasteiger partial charge in [0.25, 0.3) is 0 Å². The number of carboxylic acid groups (broad SMARTS) is 1. The Kier molecular flexibility index (Phi) is 4.05. The van der Waals surface area contributed by atoms with E-state index < -0.39 is 22.0 Å². The van der Waals surface area contributed by atoms with E-state index in [2.05, 4.69) is 4.98 Å². The van der Waals surface area contributed by atoms with Crippen molar-refractivity contribution in [1.29, 1.82) is 0 Å². The smallest absolute Gasteiger partial charge is 0.326 e. The molecule has 1 atom stereocenters. The van der Waals surface area contributed by atoms with Gasteiger partial charge in [-0.1, -0.05) is 0 Å². The molecular weight excluding hydrogens is 306 g/mol. The topological polar surface area (TPSA) is 90.8 Å². The Morgan fingerprint density at radius 2 is 1.95 bits per heavy atom. The molecule has 1 N–H and O–H groups in total. The highest BCUT2D eigenvalue weighted by atomic mass is 32.2. The number of hydrogen-bond donors (Lipinski definition) is 1. The Labute approximate surface area is 129 Å². The van der Waals surface area contributed by atoms with E-state index in [0.717, 1.165) is 19.3 Å². The van der Waals surface area contributed by atoms with E-state index in [9.17, 15) is 18.3 Å². The van der Waals surface area contributed by atoms with E-state index >= 15 is 0 Å². The summed E-state index contributed by atoms with van der Waals surface area (Å²) in [5, 5.41) is 9.25. The quantitative estimate of drug-likeness (QED) is 0.885. The minimum Gasteiger partial charge on any atom is -0.480 e. The van der Waals surface area contributed by atoms with Crippen LogP contribution in [0.25, 0.3) is 0 Å². The van der Waals surface area contributed by atoms with Gasteiger partial charge in [-0.05, 0) is 31.7 Å². The van der Waals surface area contributed by atoms with Gasteiger partial charge in [-0.3, -0.25) is 0 Å². The van der Waals surface area contributed by atoms with Crippen molar-refractivity contribution < 1.29 is 18.3 Å². The van der Waals surface area contributed by atoms with Gasteiger partial charge < -0.3 is 10.0 Å². The molecule has 0 aromatic carbocycles. The summed E-state index contributed by atoms with van der Waals surface area (Å²) in [6, 6.07) is 2.34. The predicted octanol–water partition coefficient (Wildman–Crippen LogP) is 0.919. The third kappa shape index (κ3) is 2.68. The van der Waals surface area contributed by atoms with Crippen molar-refractivity contribution in [2.45, 2.75) is 36.6 Å². The van der Waals surface area contributed by atoms with Crippen molar-refractivity contribution in [1.82, 2.24) is 9.29 Å². The number of pyridine rings is 1. The van der Waals surface area contributed by atoms with Crippen molar-refractivity contribution in [3.05, 3.63) is 18.3 Å². The molecule has 2 aliphatic rings. The van der Waals surface area contributed by atoms with Crippen molar-refractivity contribution in [3.8, 4) is 0 Å². The molecule has 2 saturated heterocycles. The van der Waals surface area contributed by atoms with Crippen molar-refractivity contribution in [2.24, 2.45) is 0 Å². The molecule has 1 aromatic heterocycles. The molecule has 0 unspecified atom stereocenters. The highest BCUT2D eigenvalue weighted by molar-refractivity contribution is 7.89. The summed E-state index contributed by atoms with van der Waals surface area (Å²) >= 11 is 0. The van der Waals surface area contributed by atoms with Crippen LogP contribution in [0.5, 0.6) is 0 Å². The molecule has 7 nitrogen and oxygen atoms in total. The monoisotopic (exact) mass is 325 g/mol. The number of nitrogens with zero attached hydrogens (tertiary/aromatic N) is 3. The van der Waals surface area contributed by atoms with Gasteiger partial charge in [0.2, 0.25) is 10.0 Å². The molecule has 0 aliphatic carbocycles. The lowest BCUT2D eigenvalue weighted by Gasteiger charge is -2.23. The molecule has 3 heterocycles. The molecule has 0 saturated carbocycles. The number of carbonyl (C=O) groups is 1. The minimum absolute atomic E-state index is 0.190. The molecule has 2 fully saturated rings. The van der Waals surface area contributed by atoms with Crippen molar-refractivity contribution >= 4 is 21.8 Å². The summed E-state index contributed by atoms with van der Waals surface area (Å²) in [6.45, 7) is 1.67. The molecule has 0 bridgehead atoms. The van der Waals surface area contributed by atoms with Crippen LogP contribution in [0.2, 0.25) is 0 Å². The molecule has 3 rings (SSSR count). The highest BCUT2D eigenvalue weighted by Gasteiger charge is 2.33. The zero-order valence-corrected chi connectivity index (χ0v) is 13.0. The van der Waals surface area contributed by atoms with Crippen LogP contribution in [-0.4, -0.2) is 54.5 Å². The van der Waals surface area contributed by atoms with Gasteiger partial charge in [0.15, 0.2) is 0 Å². The van der Waals surface area contributed by atoms with E-state index in [-0.39, 0.29) is 4.90 Å². The highest BCUT2D eigenvalue weighted by Crippen LogP contribution is 2.27. The fraction of sp³-hybridized carbons (Fsp3) is 0.571. The van der Waals surface area contributed by atoms with Gasteiger partial charge in [-0.15, -0.1) is 0 Å². The van der Waals surface area contributed by atoms with Crippen molar-refractivity contribution in [2.75, 3.05) is 24.5 Å². The largest absolute Gasteiger partial charge is 0.480 e. The van der Waals surface area contributed by atoms with Crippen LogP contribution in [-0.2, 0) is 14.8 Å². The molecule has 22 heavy (non-hydrogen) atoms. The predicted molar refractivity (Wildman–Crippen MR) is 80.2 cm³/mol. The van der Waals surface area contributed by atoms with Crippen LogP contribution in [0, 0.1) is 0 Å². The first-order chi connectivity index (χ1) is 10.5. The Morgan fingerprint density at radius 3 is 2.64 bits per heavy atom. The SMILES string of the molecule is O=C(O)[C@H]1CCCN1c1cc(S(=O)(=O)N2CCCC2)ccn1. The first-order valence-electron chi connectivity index (χ1n) is 7.46. The van der Waals surface area contributed by atoms with E-state index in [1.165, 1.54) is 22.6 Å².